The lowest BCUT2D eigenvalue weighted by Gasteiger charge is -2.34. The van der Waals surface area contributed by atoms with Gasteiger partial charge in [-0.3, -0.25) is 4.79 Å². The van der Waals surface area contributed by atoms with Crippen molar-refractivity contribution in [2.75, 3.05) is 26.2 Å². The summed E-state index contributed by atoms with van der Waals surface area (Å²) in [6, 6.07) is 7.53. The second-order valence-electron chi connectivity index (χ2n) is 8.45. The predicted octanol–water partition coefficient (Wildman–Crippen LogP) is 3.22. The van der Waals surface area contributed by atoms with Crippen LogP contribution in [0.15, 0.2) is 29.2 Å². The van der Waals surface area contributed by atoms with Crippen LogP contribution in [-0.2, 0) is 14.8 Å². The number of piperazine rings is 1. The van der Waals surface area contributed by atoms with Gasteiger partial charge in [0.05, 0.1) is 4.90 Å². The predicted molar refractivity (Wildman–Crippen MR) is 105 cm³/mol. The molecule has 1 heterocycles. The molecule has 148 valence electrons. The van der Waals surface area contributed by atoms with Gasteiger partial charge in [0, 0.05) is 32.1 Å². The molecule has 0 aromatic heterocycles. The van der Waals surface area contributed by atoms with Crippen molar-refractivity contribution in [3.63, 3.8) is 0 Å². The van der Waals surface area contributed by atoms with Gasteiger partial charge in [-0.1, -0.05) is 38.3 Å². The second kappa shape index (κ2) is 7.55. The van der Waals surface area contributed by atoms with Crippen molar-refractivity contribution in [2.24, 2.45) is 11.8 Å². The molecule has 1 aromatic carbocycles. The zero-order valence-electron chi connectivity index (χ0n) is 16.1. The number of hydrogen-bond acceptors (Lipinski definition) is 3. The molecule has 1 saturated heterocycles. The molecule has 0 radical (unpaired) electrons. The Kier molecular flexibility index (Phi) is 5.30. The van der Waals surface area contributed by atoms with Crippen LogP contribution >= 0.6 is 0 Å². The summed E-state index contributed by atoms with van der Waals surface area (Å²) in [7, 11) is -3.48. The van der Waals surface area contributed by atoms with Gasteiger partial charge in [-0.15, -0.1) is 0 Å². The Balaban J connectivity index is 1.39. The fourth-order valence-electron chi connectivity index (χ4n) is 4.55. The van der Waals surface area contributed by atoms with E-state index in [-0.39, 0.29) is 11.8 Å². The number of nitrogens with zero attached hydrogens (tertiary/aromatic N) is 2. The van der Waals surface area contributed by atoms with Crippen LogP contribution in [0.3, 0.4) is 0 Å². The Morgan fingerprint density at radius 2 is 1.56 bits per heavy atom. The van der Waals surface area contributed by atoms with Crippen molar-refractivity contribution in [2.45, 2.75) is 56.3 Å². The minimum Gasteiger partial charge on any atom is -0.340 e. The van der Waals surface area contributed by atoms with Crippen LogP contribution < -0.4 is 0 Å². The molecule has 2 saturated carbocycles. The molecule has 3 aliphatic rings. The van der Waals surface area contributed by atoms with E-state index in [1.54, 1.807) is 12.1 Å². The average molecular weight is 391 g/mol. The molecule has 5 nitrogen and oxygen atoms in total. The van der Waals surface area contributed by atoms with Gasteiger partial charge in [0.1, 0.15) is 0 Å². The lowest BCUT2D eigenvalue weighted by atomic mass is 9.84. The molecule has 27 heavy (non-hydrogen) atoms. The molecule has 2 atom stereocenters. The van der Waals surface area contributed by atoms with E-state index in [0.717, 1.165) is 6.42 Å². The van der Waals surface area contributed by atoms with Gasteiger partial charge in [0.15, 0.2) is 0 Å². The number of carbonyl (C=O) groups excluding carboxylic acids is 1. The Hall–Kier alpha value is -1.40. The molecule has 2 aliphatic carbocycles. The summed E-state index contributed by atoms with van der Waals surface area (Å²) in [5.41, 5.74) is 1.27. The SMILES string of the molecule is C[C@H]1C[C@H]1C(=O)N1CCN(S(=O)(=O)c2ccc(C3CCCCC3)cc2)CC1. The normalized spacial score (nSPS) is 27.5. The van der Waals surface area contributed by atoms with E-state index in [1.807, 2.05) is 17.0 Å². The van der Waals surface area contributed by atoms with Crippen molar-refractivity contribution in [3.8, 4) is 0 Å². The Morgan fingerprint density at radius 3 is 2.11 bits per heavy atom. The van der Waals surface area contributed by atoms with Gasteiger partial charge in [-0.25, -0.2) is 8.42 Å². The molecule has 4 rings (SSSR count). The first-order valence-corrected chi connectivity index (χ1v) is 11.8. The quantitative estimate of drug-likeness (QED) is 0.793. The van der Waals surface area contributed by atoms with E-state index < -0.39 is 10.0 Å². The van der Waals surface area contributed by atoms with Gasteiger partial charge in [0.25, 0.3) is 0 Å². The smallest absolute Gasteiger partial charge is 0.243 e. The minimum atomic E-state index is -3.48. The monoisotopic (exact) mass is 390 g/mol. The van der Waals surface area contributed by atoms with Crippen LogP contribution in [-0.4, -0.2) is 49.7 Å². The molecular weight excluding hydrogens is 360 g/mol. The van der Waals surface area contributed by atoms with Crippen LogP contribution in [0.5, 0.6) is 0 Å². The second-order valence-corrected chi connectivity index (χ2v) is 10.4. The number of benzene rings is 1. The number of sulfonamides is 1. The van der Waals surface area contributed by atoms with E-state index in [2.05, 4.69) is 6.92 Å². The Morgan fingerprint density at radius 1 is 0.963 bits per heavy atom. The molecule has 0 spiro atoms. The van der Waals surface area contributed by atoms with Crippen LogP contribution in [0.2, 0.25) is 0 Å². The summed E-state index contributed by atoms with van der Waals surface area (Å²) in [5, 5.41) is 0. The third kappa shape index (κ3) is 3.92. The molecule has 1 aromatic rings. The minimum absolute atomic E-state index is 0.167. The summed E-state index contributed by atoms with van der Waals surface area (Å²) in [5.74, 6) is 1.44. The van der Waals surface area contributed by atoms with Crippen LogP contribution in [0.4, 0.5) is 0 Å². The fourth-order valence-corrected chi connectivity index (χ4v) is 5.97. The van der Waals surface area contributed by atoms with Gasteiger partial charge >= 0.3 is 0 Å². The average Bonchev–Trinajstić information content (AvgIpc) is 3.45. The molecule has 1 aliphatic heterocycles. The van der Waals surface area contributed by atoms with Crippen molar-refractivity contribution in [1.29, 1.82) is 0 Å². The zero-order chi connectivity index (χ0) is 19.0. The first kappa shape index (κ1) is 18.9. The first-order valence-electron chi connectivity index (χ1n) is 10.4. The third-order valence-electron chi connectivity index (χ3n) is 6.57. The molecule has 6 heteroatoms. The molecule has 1 amide bonds. The van der Waals surface area contributed by atoms with Crippen molar-refractivity contribution < 1.29 is 13.2 Å². The maximum absolute atomic E-state index is 13.0. The molecule has 3 fully saturated rings. The van der Waals surface area contributed by atoms with E-state index in [1.165, 1.54) is 42.0 Å². The standard InChI is InChI=1S/C21H30N2O3S/c1-16-15-20(16)21(24)22-11-13-23(14-12-22)27(25,26)19-9-7-18(8-10-19)17-5-3-2-4-6-17/h7-10,16-17,20H,2-6,11-15H2,1H3/t16-,20+/m0/s1. The van der Waals surface area contributed by atoms with Crippen molar-refractivity contribution in [3.05, 3.63) is 29.8 Å². The number of amides is 1. The highest BCUT2D eigenvalue weighted by Gasteiger charge is 2.42. The van der Waals surface area contributed by atoms with E-state index in [0.29, 0.717) is 42.9 Å². The zero-order valence-corrected chi connectivity index (χ0v) is 17.0. The molecule has 0 N–H and O–H groups in total. The third-order valence-corrected chi connectivity index (χ3v) is 8.48. The van der Waals surface area contributed by atoms with E-state index in [4.69, 9.17) is 0 Å². The van der Waals surface area contributed by atoms with E-state index >= 15 is 0 Å². The molecule has 0 bridgehead atoms. The van der Waals surface area contributed by atoms with E-state index in [9.17, 15) is 13.2 Å². The fraction of sp³-hybridized carbons (Fsp3) is 0.667. The first-order chi connectivity index (χ1) is 13.0. The maximum atomic E-state index is 13.0. The number of rotatable bonds is 4. The van der Waals surface area contributed by atoms with Gasteiger partial charge in [-0.05, 0) is 48.8 Å². The topological polar surface area (TPSA) is 57.7 Å². The maximum Gasteiger partial charge on any atom is 0.243 e. The highest BCUT2D eigenvalue weighted by molar-refractivity contribution is 7.89. The lowest BCUT2D eigenvalue weighted by Crippen LogP contribution is -2.51. The number of hydrogen-bond donors (Lipinski definition) is 0. The summed E-state index contributed by atoms with van der Waals surface area (Å²) < 4.78 is 27.5. The molecule has 0 unspecified atom stereocenters. The van der Waals surface area contributed by atoms with Crippen LogP contribution in [0, 0.1) is 11.8 Å². The Bertz CT molecular complexity index is 776. The van der Waals surface area contributed by atoms with Gasteiger partial charge < -0.3 is 4.90 Å². The van der Waals surface area contributed by atoms with Crippen LogP contribution in [0.25, 0.3) is 0 Å². The summed E-state index contributed by atoms with van der Waals surface area (Å²) in [4.78, 5) is 14.6. The van der Waals surface area contributed by atoms with Gasteiger partial charge in [0.2, 0.25) is 15.9 Å². The summed E-state index contributed by atoms with van der Waals surface area (Å²) >= 11 is 0. The summed E-state index contributed by atoms with van der Waals surface area (Å²) in [6.45, 7) is 3.88. The Labute approximate surface area is 162 Å². The van der Waals surface area contributed by atoms with Gasteiger partial charge in [-0.2, -0.15) is 4.31 Å². The van der Waals surface area contributed by atoms with Crippen molar-refractivity contribution in [1.82, 2.24) is 9.21 Å². The summed E-state index contributed by atoms with van der Waals surface area (Å²) in [6.07, 6.45) is 7.26. The largest absolute Gasteiger partial charge is 0.340 e. The number of carbonyl (C=O) groups is 1. The highest BCUT2D eigenvalue weighted by Crippen LogP contribution is 2.39. The highest BCUT2D eigenvalue weighted by atomic mass is 32.2. The lowest BCUT2D eigenvalue weighted by molar-refractivity contribution is -0.134. The van der Waals surface area contributed by atoms with Crippen LogP contribution in [0.1, 0.15) is 56.9 Å². The molecular formula is C21H30N2O3S. The van der Waals surface area contributed by atoms with Crippen molar-refractivity contribution >= 4 is 15.9 Å².